The summed E-state index contributed by atoms with van der Waals surface area (Å²) in [6.07, 6.45) is 3.44. The number of hydrogen-bond acceptors (Lipinski definition) is 3. The minimum atomic E-state index is -0.697. The molecule has 0 aliphatic carbocycles. The number of rotatable bonds is 7. The molecule has 1 atom stereocenters. The summed E-state index contributed by atoms with van der Waals surface area (Å²) >= 11 is 5.95. The smallest absolute Gasteiger partial charge is 0.253 e. The molecule has 2 amide bonds. The first-order valence-corrected chi connectivity index (χ1v) is 11.5. The third-order valence-corrected chi connectivity index (χ3v) is 6.46. The number of hydrogen-bond donors (Lipinski definition) is 2. The van der Waals surface area contributed by atoms with Crippen LogP contribution in [0.25, 0.3) is 0 Å². The van der Waals surface area contributed by atoms with Crippen LogP contribution in [0.15, 0.2) is 48.5 Å². The fraction of sp³-hybridized carbons (Fsp3) is 0.440. The van der Waals surface area contributed by atoms with Crippen LogP contribution in [0, 0.1) is 5.41 Å². The predicted molar refractivity (Wildman–Crippen MR) is 128 cm³/mol. The van der Waals surface area contributed by atoms with Gasteiger partial charge in [-0.15, -0.1) is 11.6 Å². The van der Waals surface area contributed by atoms with Crippen molar-refractivity contribution in [3.63, 3.8) is 0 Å². The summed E-state index contributed by atoms with van der Waals surface area (Å²) in [7, 11) is 0. The van der Waals surface area contributed by atoms with E-state index in [-0.39, 0.29) is 23.7 Å². The largest absolute Gasteiger partial charge is 0.371 e. The van der Waals surface area contributed by atoms with Crippen molar-refractivity contribution in [1.29, 1.82) is 0 Å². The van der Waals surface area contributed by atoms with E-state index in [9.17, 15) is 9.59 Å². The fourth-order valence-corrected chi connectivity index (χ4v) is 3.79. The minimum Gasteiger partial charge on any atom is -0.371 e. The zero-order chi connectivity index (χ0) is 22.4. The molecule has 1 heterocycles. The number of carbonyl (C=O) groups is 2. The number of anilines is 2. The van der Waals surface area contributed by atoms with Crippen LogP contribution in [-0.2, 0) is 4.79 Å². The molecule has 0 radical (unpaired) electrons. The fourth-order valence-electron chi connectivity index (χ4n) is 3.67. The summed E-state index contributed by atoms with van der Waals surface area (Å²) in [6.45, 7) is 7.43. The van der Waals surface area contributed by atoms with E-state index >= 15 is 0 Å². The van der Waals surface area contributed by atoms with Crippen LogP contribution in [0.1, 0.15) is 62.0 Å². The molecule has 1 unspecified atom stereocenters. The molecular formula is C25H32ClN3O2. The van der Waals surface area contributed by atoms with Gasteiger partial charge in [-0.25, -0.2) is 0 Å². The maximum absolute atomic E-state index is 13.3. The van der Waals surface area contributed by atoms with Crippen LogP contribution >= 0.6 is 11.6 Å². The quantitative estimate of drug-likeness (QED) is 0.567. The number of amides is 2. The SMILES string of the molecule is CC(NC(=O)c1cc(NC(=O)C(C)(C)CCl)ccc1N1CCCCC1)c1ccccc1. The predicted octanol–water partition coefficient (Wildman–Crippen LogP) is 5.37. The molecule has 2 N–H and O–H groups in total. The topological polar surface area (TPSA) is 61.4 Å². The van der Waals surface area contributed by atoms with Crippen LogP contribution in [0.5, 0.6) is 0 Å². The van der Waals surface area contributed by atoms with Crippen LogP contribution in [-0.4, -0.2) is 30.8 Å². The lowest BCUT2D eigenvalue weighted by Gasteiger charge is -2.31. The second-order valence-electron chi connectivity index (χ2n) is 8.86. The Hall–Kier alpha value is -2.53. The van der Waals surface area contributed by atoms with Gasteiger partial charge in [-0.2, -0.15) is 0 Å². The van der Waals surface area contributed by atoms with Crippen molar-refractivity contribution in [1.82, 2.24) is 5.32 Å². The van der Waals surface area contributed by atoms with Gasteiger partial charge in [0.2, 0.25) is 5.91 Å². The average molecular weight is 442 g/mol. The maximum Gasteiger partial charge on any atom is 0.253 e. The monoisotopic (exact) mass is 441 g/mol. The highest BCUT2D eigenvalue weighted by Crippen LogP contribution is 2.29. The molecule has 1 aliphatic heterocycles. The molecule has 1 aliphatic rings. The van der Waals surface area contributed by atoms with Gasteiger partial charge in [-0.3, -0.25) is 9.59 Å². The van der Waals surface area contributed by atoms with Crippen LogP contribution in [0.4, 0.5) is 11.4 Å². The lowest BCUT2D eigenvalue weighted by atomic mass is 9.95. The van der Waals surface area contributed by atoms with Crippen molar-refractivity contribution < 1.29 is 9.59 Å². The third-order valence-electron chi connectivity index (χ3n) is 5.79. The Morgan fingerprint density at radius 1 is 1.06 bits per heavy atom. The van der Waals surface area contributed by atoms with E-state index in [2.05, 4.69) is 15.5 Å². The Balaban J connectivity index is 1.88. The Bertz CT molecular complexity index is 908. The second kappa shape index (κ2) is 10.2. The summed E-state index contributed by atoms with van der Waals surface area (Å²) in [5.41, 5.74) is 2.43. The summed E-state index contributed by atoms with van der Waals surface area (Å²) in [5.74, 6) is -0.103. The van der Waals surface area contributed by atoms with Crippen molar-refractivity contribution in [2.75, 3.05) is 29.2 Å². The molecular weight excluding hydrogens is 410 g/mol. The zero-order valence-electron chi connectivity index (χ0n) is 18.6. The molecule has 0 saturated carbocycles. The second-order valence-corrected chi connectivity index (χ2v) is 9.12. The Morgan fingerprint density at radius 3 is 2.39 bits per heavy atom. The molecule has 6 heteroatoms. The maximum atomic E-state index is 13.3. The first-order valence-electron chi connectivity index (χ1n) is 10.9. The Labute approximate surface area is 190 Å². The molecule has 3 rings (SSSR count). The Kier molecular flexibility index (Phi) is 7.60. The number of piperidine rings is 1. The van der Waals surface area contributed by atoms with Gasteiger partial charge in [0.25, 0.3) is 5.91 Å². The Morgan fingerprint density at radius 2 is 1.74 bits per heavy atom. The van der Waals surface area contributed by atoms with Crippen molar-refractivity contribution in [3.8, 4) is 0 Å². The molecule has 0 bridgehead atoms. The number of carbonyl (C=O) groups excluding carboxylic acids is 2. The van der Waals surface area contributed by atoms with Crippen molar-refractivity contribution in [2.45, 2.75) is 46.1 Å². The molecule has 31 heavy (non-hydrogen) atoms. The van der Waals surface area contributed by atoms with E-state index in [0.717, 1.165) is 37.2 Å². The van der Waals surface area contributed by atoms with Gasteiger partial charge in [0, 0.05) is 30.3 Å². The van der Waals surface area contributed by atoms with Gasteiger partial charge in [-0.1, -0.05) is 30.3 Å². The highest BCUT2D eigenvalue weighted by Gasteiger charge is 2.27. The molecule has 2 aromatic rings. The van der Waals surface area contributed by atoms with Gasteiger partial charge >= 0.3 is 0 Å². The lowest BCUT2D eigenvalue weighted by Crippen LogP contribution is -2.34. The summed E-state index contributed by atoms with van der Waals surface area (Å²) < 4.78 is 0. The van der Waals surface area contributed by atoms with E-state index in [4.69, 9.17) is 11.6 Å². The third kappa shape index (κ3) is 5.79. The highest BCUT2D eigenvalue weighted by molar-refractivity contribution is 6.20. The summed E-state index contributed by atoms with van der Waals surface area (Å²) in [5, 5.41) is 6.04. The molecule has 1 saturated heterocycles. The van der Waals surface area contributed by atoms with Gasteiger partial charge in [0.1, 0.15) is 0 Å². The first kappa shape index (κ1) is 23.1. The van der Waals surface area contributed by atoms with Crippen LogP contribution in [0.2, 0.25) is 0 Å². The molecule has 166 valence electrons. The van der Waals surface area contributed by atoms with E-state index in [1.165, 1.54) is 6.42 Å². The van der Waals surface area contributed by atoms with E-state index in [0.29, 0.717) is 11.3 Å². The van der Waals surface area contributed by atoms with E-state index < -0.39 is 5.41 Å². The molecule has 2 aromatic carbocycles. The highest BCUT2D eigenvalue weighted by atomic mass is 35.5. The van der Waals surface area contributed by atoms with Gasteiger partial charge in [0.05, 0.1) is 17.0 Å². The zero-order valence-corrected chi connectivity index (χ0v) is 19.3. The standard InChI is InChI=1S/C25H32ClN3O2/c1-18(19-10-6-4-7-11-19)27-23(30)21-16-20(28-24(31)25(2,3)17-26)12-13-22(21)29-14-8-5-9-15-29/h4,6-7,10-13,16,18H,5,8-9,14-15,17H2,1-3H3,(H,27,30)(H,28,31). The van der Waals surface area contributed by atoms with Gasteiger partial charge in [0.15, 0.2) is 0 Å². The van der Waals surface area contributed by atoms with Crippen molar-refractivity contribution in [2.24, 2.45) is 5.41 Å². The van der Waals surface area contributed by atoms with Crippen molar-refractivity contribution >= 4 is 34.8 Å². The number of nitrogens with one attached hydrogen (secondary N) is 2. The first-order chi connectivity index (χ1) is 14.8. The molecule has 5 nitrogen and oxygen atoms in total. The van der Waals surface area contributed by atoms with E-state index in [1.54, 1.807) is 19.9 Å². The van der Waals surface area contributed by atoms with E-state index in [1.807, 2.05) is 49.4 Å². The molecule has 1 fully saturated rings. The van der Waals surface area contributed by atoms with Crippen LogP contribution < -0.4 is 15.5 Å². The number of halogens is 1. The lowest BCUT2D eigenvalue weighted by molar-refractivity contribution is -0.122. The minimum absolute atomic E-state index is 0.128. The average Bonchev–Trinajstić information content (AvgIpc) is 2.80. The summed E-state index contributed by atoms with van der Waals surface area (Å²) in [6, 6.07) is 15.3. The van der Waals surface area contributed by atoms with Gasteiger partial charge < -0.3 is 15.5 Å². The van der Waals surface area contributed by atoms with Crippen molar-refractivity contribution in [3.05, 3.63) is 59.7 Å². The van der Waals surface area contributed by atoms with Gasteiger partial charge in [-0.05, 0) is 63.8 Å². The number of nitrogens with zero attached hydrogens (tertiary/aromatic N) is 1. The van der Waals surface area contributed by atoms with Crippen LogP contribution in [0.3, 0.4) is 0 Å². The number of benzene rings is 2. The molecule has 0 spiro atoms. The summed E-state index contributed by atoms with van der Waals surface area (Å²) in [4.78, 5) is 28.2. The number of alkyl halides is 1. The normalized spacial score (nSPS) is 15.3. The molecule has 0 aromatic heterocycles.